The summed E-state index contributed by atoms with van der Waals surface area (Å²) in [5.41, 5.74) is 0.845. The number of benzene rings is 1. The third-order valence-electron chi connectivity index (χ3n) is 3.91. The second kappa shape index (κ2) is 7.01. The van der Waals surface area contributed by atoms with Gasteiger partial charge in [0.2, 0.25) is 10.0 Å². The zero-order valence-corrected chi connectivity index (χ0v) is 15.4. The quantitative estimate of drug-likeness (QED) is 0.803. The Morgan fingerprint density at radius 2 is 1.79 bits per heavy atom. The van der Waals surface area contributed by atoms with Crippen molar-refractivity contribution in [2.24, 2.45) is 0 Å². The van der Waals surface area contributed by atoms with E-state index >= 15 is 0 Å². The number of hydrogen-bond acceptors (Lipinski definition) is 5. The van der Waals surface area contributed by atoms with Gasteiger partial charge in [0.15, 0.2) is 0 Å². The summed E-state index contributed by atoms with van der Waals surface area (Å²) < 4.78 is 32.1. The zero-order chi connectivity index (χ0) is 17.3. The third-order valence-corrected chi connectivity index (χ3v) is 6.77. The van der Waals surface area contributed by atoms with Crippen molar-refractivity contribution in [2.45, 2.75) is 18.4 Å². The molecule has 0 aliphatic carbocycles. The first-order chi connectivity index (χ1) is 11.4. The van der Waals surface area contributed by atoms with Gasteiger partial charge in [-0.2, -0.15) is 4.31 Å². The van der Waals surface area contributed by atoms with E-state index < -0.39 is 10.0 Å². The van der Waals surface area contributed by atoms with E-state index in [1.165, 1.54) is 16.4 Å². The van der Waals surface area contributed by atoms with Crippen LogP contribution in [0.3, 0.4) is 0 Å². The topological polar surface area (TPSA) is 66.7 Å². The Morgan fingerprint density at radius 1 is 1.17 bits per heavy atom. The fourth-order valence-corrected chi connectivity index (χ4v) is 5.22. The minimum Gasteiger partial charge on any atom is -0.361 e. The number of halogens is 2. The number of aromatic nitrogens is 1. The third kappa shape index (κ3) is 3.60. The van der Waals surface area contributed by atoms with Crippen LogP contribution in [0.4, 0.5) is 0 Å². The molecule has 9 heteroatoms. The SMILES string of the molecule is Cc1cc(CN2CCN(S(=O)(=O)c3c(Cl)cccc3Cl)CC2)no1. The molecule has 0 radical (unpaired) electrons. The van der Waals surface area contributed by atoms with Crippen molar-refractivity contribution < 1.29 is 12.9 Å². The van der Waals surface area contributed by atoms with Gasteiger partial charge in [-0.3, -0.25) is 4.90 Å². The van der Waals surface area contributed by atoms with E-state index in [4.69, 9.17) is 27.7 Å². The van der Waals surface area contributed by atoms with Gasteiger partial charge in [0.1, 0.15) is 10.7 Å². The molecule has 0 amide bonds. The molecule has 1 aliphatic rings. The van der Waals surface area contributed by atoms with Crippen LogP contribution in [0.5, 0.6) is 0 Å². The molecule has 0 saturated carbocycles. The number of hydrogen-bond donors (Lipinski definition) is 0. The van der Waals surface area contributed by atoms with Crippen LogP contribution in [0, 0.1) is 6.92 Å². The maximum Gasteiger partial charge on any atom is 0.246 e. The van der Waals surface area contributed by atoms with Gasteiger partial charge in [-0.15, -0.1) is 0 Å². The van der Waals surface area contributed by atoms with Crippen molar-refractivity contribution in [3.05, 3.63) is 45.8 Å². The van der Waals surface area contributed by atoms with Crippen LogP contribution < -0.4 is 0 Å². The van der Waals surface area contributed by atoms with E-state index in [0.717, 1.165) is 11.5 Å². The highest BCUT2D eigenvalue weighted by Gasteiger charge is 2.31. The molecule has 1 saturated heterocycles. The number of aryl methyl sites for hydroxylation is 1. The molecular formula is C15H17Cl2N3O3S. The van der Waals surface area contributed by atoms with E-state index in [0.29, 0.717) is 32.7 Å². The molecule has 3 rings (SSSR count). The average molecular weight is 390 g/mol. The van der Waals surface area contributed by atoms with E-state index in [1.54, 1.807) is 6.07 Å². The maximum atomic E-state index is 12.8. The molecule has 0 unspecified atom stereocenters. The summed E-state index contributed by atoms with van der Waals surface area (Å²) in [4.78, 5) is 2.12. The summed E-state index contributed by atoms with van der Waals surface area (Å²) in [6.07, 6.45) is 0. The number of sulfonamides is 1. The second-order valence-corrected chi connectivity index (χ2v) is 8.35. The second-order valence-electron chi connectivity index (χ2n) is 5.66. The first-order valence-corrected chi connectivity index (χ1v) is 9.66. The lowest BCUT2D eigenvalue weighted by molar-refractivity contribution is 0.177. The normalized spacial score (nSPS) is 17.3. The molecule has 130 valence electrons. The number of rotatable bonds is 4. The Labute approximate surface area is 151 Å². The summed E-state index contributed by atoms with van der Waals surface area (Å²) in [5, 5.41) is 4.25. The van der Waals surface area contributed by atoms with E-state index in [1.807, 2.05) is 13.0 Å². The lowest BCUT2D eigenvalue weighted by atomic mass is 10.3. The fraction of sp³-hybridized carbons (Fsp3) is 0.400. The van der Waals surface area contributed by atoms with Gasteiger partial charge in [-0.05, 0) is 19.1 Å². The highest BCUT2D eigenvalue weighted by Crippen LogP contribution is 2.31. The zero-order valence-electron chi connectivity index (χ0n) is 13.1. The van der Waals surface area contributed by atoms with Crippen LogP contribution in [-0.2, 0) is 16.6 Å². The van der Waals surface area contributed by atoms with Gasteiger partial charge in [-0.25, -0.2) is 8.42 Å². The molecule has 2 aromatic rings. The molecule has 1 aromatic carbocycles. The molecule has 1 aliphatic heterocycles. The Balaban J connectivity index is 1.69. The maximum absolute atomic E-state index is 12.8. The van der Waals surface area contributed by atoms with E-state index in [-0.39, 0.29) is 14.9 Å². The lowest BCUT2D eigenvalue weighted by Gasteiger charge is -2.33. The van der Waals surface area contributed by atoms with Crippen molar-refractivity contribution >= 4 is 33.2 Å². The monoisotopic (exact) mass is 389 g/mol. The van der Waals surface area contributed by atoms with E-state index in [2.05, 4.69) is 10.1 Å². The first-order valence-electron chi connectivity index (χ1n) is 7.46. The molecule has 24 heavy (non-hydrogen) atoms. The average Bonchev–Trinajstić information content (AvgIpc) is 2.92. The summed E-state index contributed by atoms with van der Waals surface area (Å²) in [6, 6.07) is 6.57. The predicted molar refractivity (Wildman–Crippen MR) is 91.7 cm³/mol. The Morgan fingerprint density at radius 3 is 2.33 bits per heavy atom. The van der Waals surface area contributed by atoms with Crippen LogP contribution in [0.15, 0.2) is 33.7 Å². The van der Waals surface area contributed by atoms with Crippen LogP contribution in [0.2, 0.25) is 10.0 Å². The van der Waals surface area contributed by atoms with Gasteiger partial charge >= 0.3 is 0 Å². The lowest BCUT2D eigenvalue weighted by Crippen LogP contribution is -2.48. The van der Waals surface area contributed by atoms with Gasteiger partial charge in [0, 0.05) is 38.8 Å². The summed E-state index contributed by atoms with van der Waals surface area (Å²) in [5.74, 6) is 0.763. The predicted octanol–water partition coefficient (Wildman–Crippen LogP) is 2.80. The molecule has 0 spiro atoms. The van der Waals surface area contributed by atoms with Crippen molar-refractivity contribution in [1.82, 2.24) is 14.4 Å². The number of piperazine rings is 1. The van der Waals surface area contributed by atoms with Crippen molar-refractivity contribution in [3.8, 4) is 0 Å². The van der Waals surface area contributed by atoms with Crippen LogP contribution >= 0.6 is 23.2 Å². The Hall–Kier alpha value is -1.12. The molecule has 1 aromatic heterocycles. The minimum absolute atomic E-state index is 0.0195. The van der Waals surface area contributed by atoms with Crippen molar-refractivity contribution in [1.29, 1.82) is 0 Å². The van der Waals surface area contributed by atoms with Crippen LogP contribution in [0.25, 0.3) is 0 Å². The molecular weight excluding hydrogens is 373 g/mol. The van der Waals surface area contributed by atoms with Gasteiger partial charge in [0.25, 0.3) is 0 Å². The molecule has 0 bridgehead atoms. The largest absolute Gasteiger partial charge is 0.361 e. The molecule has 2 heterocycles. The number of nitrogens with zero attached hydrogens (tertiary/aromatic N) is 3. The van der Waals surface area contributed by atoms with Gasteiger partial charge in [-0.1, -0.05) is 34.4 Å². The van der Waals surface area contributed by atoms with Crippen LogP contribution in [-0.4, -0.2) is 49.0 Å². The minimum atomic E-state index is -3.71. The summed E-state index contributed by atoms with van der Waals surface area (Å²) in [6.45, 7) is 4.44. The molecule has 6 nitrogen and oxygen atoms in total. The molecule has 0 atom stereocenters. The van der Waals surface area contributed by atoms with E-state index in [9.17, 15) is 8.42 Å². The Kier molecular flexibility index (Phi) is 5.17. The Bertz CT molecular complexity index is 810. The molecule has 0 N–H and O–H groups in total. The van der Waals surface area contributed by atoms with Gasteiger partial charge < -0.3 is 4.52 Å². The first kappa shape index (κ1) is 17.7. The standard InChI is InChI=1S/C15H17Cl2N3O3S/c1-11-9-12(18-23-11)10-19-5-7-20(8-6-19)24(21,22)15-13(16)3-2-4-14(15)17/h2-4,9H,5-8,10H2,1H3. The summed E-state index contributed by atoms with van der Waals surface area (Å²) in [7, 11) is -3.71. The fourth-order valence-electron chi connectivity index (χ4n) is 2.71. The highest BCUT2D eigenvalue weighted by atomic mass is 35.5. The van der Waals surface area contributed by atoms with Crippen LogP contribution in [0.1, 0.15) is 11.5 Å². The highest BCUT2D eigenvalue weighted by molar-refractivity contribution is 7.89. The summed E-state index contributed by atoms with van der Waals surface area (Å²) >= 11 is 12.1. The molecule has 1 fully saturated rings. The van der Waals surface area contributed by atoms with Crippen molar-refractivity contribution in [2.75, 3.05) is 26.2 Å². The smallest absolute Gasteiger partial charge is 0.246 e. The van der Waals surface area contributed by atoms with Gasteiger partial charge in [0.05, 0.1) is 15.7 Å². The van der Waals surface area contributed by atoms with Crippen molar-refractivity contribution in [3.63, 3.8) is 0 Å².